The molecule has 1 aliphatic rings. The van der Waals surface area contributed by atoms with Crippen LogP contribution in [0.15, 0.2) is 46.1 Å². The number of anilines is 1. The molecule has 0 unspecified atom stereocenters. The number of nitrogens with zero attached hydrogens (tertiary/aromatic N) is 2. The molecule has 0 aliphatic carbocycles. The summed E-state index contributed by atoms with van der Waals surface area (Å²) in [5.74, 6) is 0. The highest BCUT2D eigenvalue weighted by molar-refractivity contribution is 5.51. The second-order valence-corrected chi connectivity index (χ2v) is 5.32. The van der Waals surface area contributed by atoms with E-state index in [0.717, 1.165) is 37.3 Å². The topological polar surface area (TPSA) is 84.1 Å². The van der Waals surface area contributed by atoms with Gasteiger partial charge in [-0.2, -0.15) is 0 Å². The van der Waals surface area contributed by atoms with Crippen LogP contribution in [0.2, 0.25) is 0 Å². The summed E-state index contributed by atoms with van der Waals surface area (Å²) in [5.41, 5.74) is 6.95. The summed E-state index contributed by atoms with van der Waals surface area (Å²) in [5, 5.41) is 0. The fraction of sp³-hybridized carbons (Fsp3) is 0.412. The zero-order valence-electron chi connectivity index (χ0n) is 13.7. The second-order valence-electron chi connectivity index (χ2n) is 5.32. The van der Waals surface area contributed by atoms with Crippen LogP contribution in [0.5, 0.6) is 0 Å². The number of H-pyrrole nitrogens is 1. The molecule has 0 spiro atoms. The molecule has 0 atom stereocenters. The van der Waals surface area contributed by atoms with Crippen LogP contribution in [0.1, 0.15) is 26.7 Å². The Morgan fingerprint density at radius 1 is 1.00 bits per heavy atom. The third-order valence-electron chi connectivity index (χ3n) is 3.86. The Hall–Kier alpha value is -2.34. The monoisotopic (exact) mass is 316 g/mol. The number of nitrogens with two attached hydrogens (primary N) is 1. The van der Waals surface area contributed by atoms with Crippen LogP contribution in [0.25, 0.3) is 5.69 Å². The molecular formula is C17H24N4O2. The zero-order valence-corrected chi connectivity index (χ0v) is 13.7. The first-order valence-corrected chi connectivity index (χ1v) is 8.06. The molecule has 2 heterocycles. The van der Waals surface area contributed by atoms with E-state index in [9.17, 15) is 9.59 Å². The number of piperidine rings is 1. The van der Waals surface area contributed by atoms with Gasteiger partial charge in [0, 0.05) is 37.1 Å². The lowest BCUT2D eigenvalue weighted by atomic mass is 10.1. The predicted octanol–water partition coefficient (Wildman–Crippen LogP) is 1.48. The van der Waals surface area contributed by atoms with E-state index in [4.69, 9.17) is 5.73 Å². The van der Waals surface area contributed by atoms with Crippen molar-refractivity contribution in [2.75, 3.05) is 18.0 Å². The average molecular weight is 316 g/mol. The minimum Gasteiger partial charge on any atom is -0.371 e. The largest absolute Gasteiger partial charge is 0.371 e. The van der Waals surface area contributed by atoms with Crippen molar-refractivity contribution in [3.63, 3.8) is 0 Å². The Morgan fingerprint density at radius 2 is 1.57 bits per heavy atom. The molecule has 0 amide bonds. The van der Waals surface area contributed by atoms with Crippen LogP contribution in [-0.2, 0) is 0 Å². The van der Waals surface area contributed by atoms with Crippen molar-refractivity contribution < 1.29 is 0 Å². The molecule has 1 aromatic carbocycles. The minimum absolute atomic E-state index is 0.306. The van der Waals surface area contributed by atoms with Crippen molar-refractivity contribution in [3.05, 3.63) is 57.4 Å². The van der Waals surface area contributed by atoms with Gasteiger partial charge in [-0.15, -0.1) is 0 Å². The Bertz CT molecular complexity index is 725. The quantitative estimate of drug-likeness (QED) is 0.879. The van der Waals surface area contributed by atoms with Gasteiger partial charge in [0.05, 0.1) is 5.69 Å². The highest BCUT2D eigenvalue weighted by Crippen LogP contribution is 2.20. The molecule has 1 saturated heterocycles. The molecule has 124 valence electrons. The molecule has 1 fully saturated rings. The standard InChI is InChI=1S/C15H18N4O2.C2H6/c16-11-5-8-18(9-6-11)12-1-3-13(4-2-12)19-10-7-14(20)17-15(19)21;1-2/h1-4,7,10-11H,5-6,8-9,16H2,(H,17,20,21);1-2H3. The molecule has 0 saturated carbocycles. The molecule has 0 radical (unpaired) electrons. The number of aromatic amines is 1. The molecule has 6 nitrogen and oxygen atoms in total. The van der Waals surface area contributed by atoms with Crippen molar-refractivity contribution in [1.82, 2.24) is 9.55 Å². The van der Waals surface area contributed by atoms with Gasteiger partial charge in [0.1, 0.15) is 0 Å². The van der Waals surface area contributed by atoms with Gasteiger partial charge in [-0.25, -0.2) is 4.79 Å². The maximum absolute atomic E-state index is 11.7. The molecule has 1 aliphatic heterocycles. The Morgan fingerprint density at radius 3 is 2.13 bits per heavy atom. The summed E-state index contributed by atoms with van der Waals surface area (Å²) in [6.45, 7) is 5.91. The van der Waals surface area contributed by atoms with Crippen LogP contribution in [-0.4, -0.2) is 28.7 Å². The number of benzene rings is 1. The van der Waals surface area contributed by atoms with Crippen LogP contribution < -0.4 is 21.9 Å². The predicted molar refractivity (Wildman–Crippen MR) is 93.4 cm³/mol. The van der Waals surface area contributed by atoms with Gasteiger partial charge in [0.2, 0.25) is 0 Å². The third kappa shape index (κ3) is 4.10. The van der Waals surface area contributed by atoms with E-state index in [2.05, 4.69) is 9.88 Å². The summed E-state index contributed by atoms with van der Waals surface area (Å²) >= 11 is 0. The lowest BCUT2D eigenvalue weighted by Crippen LogP contribution is -2.39. The number of nitrogens with one attached hydrogen (secondary N) is 1. The van der Waals surface area contributed by atoms with Gasteiger partial charge in [0.15, 0.2) is 0 Å². The molecule has 23 heavy (non-hydrogen) atoms. The van der Waals surface area contributed by atoms with E-state index in [1.54, 1.807) is 0 Å². The summed E-state index contributed by atoms with van der Waals surface area (Å²) in [6.07, 6.45) is 3.48. The van der Waals surface area contributed by atoms with E-state index in [-0.39, 0.29) is 0 Å². The molecule has 1 aromatic heterocycles. The summed E-state index contributed by atoms with van der Waals surface area (Å²) in [4.78, 5) is 27.4. The fourth-order valence-corrected chi connectivity index (χ4v) is 2.60. The Kier molecular flexibility index (Phi) is 5.76. The lowest BCUT2D eigenvalue weighted by molar-refractivity contribution is 0.501. The van der Waals surface area contributed by atoms with Gasteiger partial charge in [-0.1, -0.05) is 13.8 Å². The molecular weight excluding hydrogens is 292 g/mol. The minimum atomic E-state index is -0.431. The highest BCUT2D eigenvalue weighted by atomic mass is 16.2. The van der Waals surface area contributed by atoms with Crippen molar-refractivity contribution in [3.8, 4) is 5.69 Å². The number of hydrogen-bond donors (Lipinski definition) is 2. The van der Waals surface area contributed by atoms with Crippen LogP contribution >= 0.6 is 0 Å². The number of hydrogen-bond acceptors (Lipinski definition) is 4. The summed E-state index contributed by atoms with van der Waals surface area (Å²) in [6, 6.07) is 9.38. The van der Waals surface area contributed by atoms with E-state index < -0.39 is 11.2 Å². The third-order valence-corrected chi connectivity index (χ3v) is 3.86. The van der Waals surface area contributed by atoms with E-state index in [1.165, 1.54) is 16.8 Å². The lowest BCUT2D eigenvalue weighted by Gasteiger charge is -2.32. The normalized spacial score (nSPS) is 15.0. The second kappa shape index (κ2) is 7.78. The van der Waals surface area contributed by atoms with Crippen LogP contribution in [0.4, 0.5) is 5.69 Å². The average Bonchev–Trinajstić information content (AvgIpc) is 2.58. The molecule has 3 N–H and O–H groups in total. The molecule has 6 heteroatoms. The molecule has 0 bridgehead atoms. The fourth-order valence-electron chi connectivity index (χ4n) is 2.60. The van der Waals surface area contributed by atoms with Crippen molar-refractivity contribution in [1.29, 1.82) is 0 Å². The molecule has 2 aromatic rings. The van der Waals surface area contributed by atoms with Gasteiger partial charge < -0.3 is 10.6 Å². The number of aromatic nitrogens is 2. The smallest absolute Gasteiger partial charge is 0.332 e. The van der Waals surface area contributed by atoms with Crippen molar-refractivity contribution in [2.24, 2.45) is 5.73 Å². The van der Waals surface area contributed by atoms with Crippen LogP contribution in [0.3, 0.4) is 0 Å². The summed E-state index contributed by atoms with van der Waals surface area (Å²) < 4.78 is 1.41. The zero-order chi connectivity index (χ0) is 16.8. The van der Waals surface area contributed by atoms with Gasteiger partial charge in [-0.05, 0) is 37.1 Å². The first-order chi connectivity index (χ1) is 11.1. The van der Waals surface area contributed by atoms with Crippen molar-refractivity contribution >= 4 is 5.69 Å². The maximum atomic E-state index is 11.7. The number of rotatable bonds is 2. The van der Waals surface area contributed by atoms with Gasteiger partial charge >= 0.3 is 5.69 Å². The van der Waals surface area contributed by atoms with Crippen molar-refractivity contribution in [2.45, 2.75) is 32.7 Å². The first-order valence-electron chi connectivity index (χ1n) is 8.06. The Balaban J connectivity index is 0.000000924. The summed E-state index contributed by atoms with van der Waals surface area (Å²) in [7, 11) is 0. The van der Waals surface area contributed by atoms with Gasteiger partial charge in [-0.3, -0.25) is 14.3 Å². The first kappa shape index (κ1) is 17.0. The van der Waals surface area contributed by atoms with Crippen LogP contribution in [0, 0.1) is 0 Å². The van der Waals surface area contributed by atoms with E-state index >= 15 is 0 Å². The van der Waals surface area contributed by atoms with E-state index in [0.29, 0.717) is 6.04 Å². The maximum Gasteiger partial charge on any atom is 0.332 e. The Labute approximate surface area is 135 Å². The van der Waals surface area contributed by atoms with E-state index in [1.807, 2.05) is 38.1 Å². The highest BCUT2D eigenvalue weighted by Gasteiger charge is 2.16. The van der Waals surface area contributed by atoms with Gasteiger partial charge in [0.25, 0.3) is 5.56 Å². The molecule has 3 rings (SSSR count). The SMILES string of the molecule is CC.NC1CCN(c2ccc(-n3ccc(=O)[nH]c3=O)cc2)CC1.